The van der Waals surface area contributed by atoms with Crippen LogP contribution in [0.25, 0.3) is 11.3 Å². The van der Waals surface area contributed by atoms with Crippen LogP contribution in [0.2, 0.25) is 15.1 Å². The molecule has 0 aliphatic rings. The molecule has 1 aromatic heterocycles. The summed E-state index contributed by atoms with van der Waals surface area (Å²) in [4.78, 5) is 14.7. The van der Waals surface area contributed by atoms with Crippen molar-refractivity contribution in [2.24, 2.45) is 0 Å². The molecule has 19 heavy (non-hydrogen) atoms. The van der Waals surface area contributed by atoms with E-state index < -0.39 is 17.3 Å². The maximum atomic E-state index is 14.0. The SMILES string of the molecule is O=C(O)c1ccnc(-c2cc(Cl)c(Cl)c(Cl)c2)c1F. The van der Waals surface area contributed by atoms with Crippen molar-refractivity contribution >= 4 is 40.8 Å². The molecule has 0 unspecified atom stereocenters. The Morgan fingerprint density at radius 2 is 1.79 bits per heavy atom. The summed E-state index contributed by atoms with van der Waals surface area (Å²) in [6, 6.07) is 3.81. The first-order valence-corrected chi connectivity index (χ1v) is 6.08. The van der Waals surface area contributed by atoms with Crippen molar-refractivity contribution in [3.8, 4) is 11.3 Å². The van der Waals surface area contributed by atoms with Gasteiger partial charge in [-0.1, -0.05) is 34.8 Å². The maximum absolute atomic E-state index is 14.0. The van der Waals surface area contributed by atoms with Gasteiger partial charge in [-0.25, -0.2) is 9.18 Å². The quantitative estimate of drug-likeness (QED) is 0.826. The molecular formula is C12H5Cl3FNO2. The Hall–Kier alpha value is -1.36. The summed E-state index contributed by atoms with van der Waals surface area (Å²) < 4.78 is 14.0. The van der Waals surface area contributed by atoms with Gasteiger partial charge < -0.3 is 5.11 Å². The van der Waals surface area contributed by atoms with Crippen LogP contribution in [-0.2, 0) is 0 Å². The summed E-state index contributed by atoms with van der Waals surface area (Å²) in [6.07, 6.45) is 1.19. The average Bonchev–Trinajstić information content (AvgIpc) is 2.35. The minimum Gasteiger partial charge on any atom is -0.478 e. The Kier molecular flexibility index (Phi) is 3.94. The lowest BCUT2D eigenvalue weighted by atomic mass is 10.1. The van der Waals surface area contributed by atoms with Gasteiger partial charge in [0.25, 0.3) is 0 Å². The molecule has 1 heterocycles. The van der Waals surface area contributed by atoms with E-state index in [-0.39, 0.29) is 26.3 Å². The fourth-order valence-electron chi connectivity index (χ4n) is 1.50. The lowest BCUT2D eigenvalue weighted by Gasteiger charge is -2.07. The van der Waals surface area contributed by atoms with Gasteiger partial charge in [0, 0.05) is 11.8 Å². The molecule has 0 spiro atoms. The minimum absolute atomic E-state index is 0.131. The van der Waals surface area contributed by atoms with Gasteiger partial charge in [-0.05, 0) is 18.2 Å². The van der Waals surface area contributed by atoms with Crippen molar-refractivity contribution in [2.45, 2.75) is 0 Å². The molecule has 0 amide bonds. The van der Waals surface area contributed by atoms with Crippen LogP contribution in [0.3, 0.4) is 0 Å². The normalized spacial score (nSPS) is 10.5. The summed E-state index contributed by atoms with van der Waals surface area (Å²) in [5, 5.41) is 9.25. The zero-order valence-electron chi connectivity index (χ0n) is 9.12. The second-order valence-electron chi connectivity index (χ2n) is 3.58. The number of halogens is 4. The minimum atomic E-state index is -1.38. The van der Waals surface area contributed by atoms with Crippen LogP contribution in [0.15, 0.2) is 24.4 Å². The van der Waals surface area contributed by atoms with Crippen molar-refractivity contribution in [1.82, 2.24) is 4.98 Å². The fourth-order valence-corrected chi connectivity index (χ4v) is 2.10. The molecule has 1 aromatic carbocycles. The van der Waals surface area contributed by atoms with E-state index in [9.17, 15) is 9.18 Å². The molecule has 0 aliphatic carbocycles. The Labute approximate surface area is 122 Å². The van der Waals surface area contributed by atoms with Crippen LogP contribution >= 0.6 is 34.8 Å². The van der Waals surface area contributed by atoms with Crippen molar-refractivity contribution in [1.29, 1.82) is 0 Å². The van der Waals surface area contributed by atoms with Crippen molar-refractivity contribution in [3.63, 3.8) is 0 Å². The van der Waals surface area contributed by atoms with Gasteiger partial charge in [0.1, 0.15) is 5.69 Å². The number of carboxylic acids is 1. The number of benzene rings is 1. The molecule has 98 valence electrons. The highest BCUT2D eigenvalue weighted by Crippen LogP contribution is 2.35. The molecular weight excluding hydrogens is 315 g/mol. The molecule has 0 aliphatic heterocycles. The highest BCUT2D eigenvalue weighted by atomic mass is 35.5. The molecule has 0 saturated heterocycles. The van der Waals surface area contributed by atoms with Crippen molar-refractivity contribution < 1.29 is 14.3 Å². The van der Waals surface area contributed by atoms with Crippen LogP contribution in [-0.4, -0.2) is 16.1 Å². The zero-order valence-corrected chi connectivity index (χ0v) is 11.4. The smallest absolute Gasteiger partial charge is 0.338 e. The topological polar surface area (TPSA) is 50.2 Å². The van der Waals surface area contributed by atoms with Gasteiger partial charge in [0.2, 0.25) is 0 Å². The molecule has 2 aromatic rings. The van der Waals surface area contributed by atoms with Crippen LogP contribution in [0.1, 0.15) is 10.4 Å². The number of hydrogen-bond donors (Lipinski definition) is 1. The van der Waals surface area contributed by atoms with Crippen LogP contribution in [0, 0.1) is 5.82 Å². The first-order valence-electron chi connectivity index (χ1n) is 4.94. The Morgan fingerprint density at radius 3 is 2.32 bits per heavy atom. The van der Waals surface area contributed by atoms with Crippen LogP contribution in [0.4, 0.5) is 4.39 Å². The molecule has 0 bridgehead atoms. The predicted octanol–water partition coefficient (Wildman–Crippen LogP) is 4.55. The van der Waals surface area contributed by atoms with Gasteiger partial charge in [0.15, 0.2) is 5.82 Å². The Balaban J connectivity index is 2.66. The van der Waals surface area contributed by atoms with Gasteiger partial charge in [0.05, 0.1) is 20.6 Å². The molecule has 0 fully saturated rings. The largest absolute Gasteiger partial charge is 0.478 e. The molecule has 2 rings (SSSR count). The summed E-state index contributed by atoms with van der Waals surface area (Å²) in [7, 11) is 0. The third kappa shape index (κ3) is 2.66. The Bertz CT molecular complexity index is 653. The Morgan fingerprint density at radius 1 is 1.21 bits per heavy atom. The zero-order chi connectivity index (χ0) is 14.2. The van der Waals surface area contributed by atoms with Crippen molar-refractivity contribution in [2.75, 3.05) is 0 Å². The van der Waals surface area contributed by atoms with Gasteiger partial charge in [-0.15, -0.1) is 0 Å². The number of hydrogen-bond acceptors (Lipinski definition) is 2. The van der Waals surface area contributed by atoms with E-state index in [1.54, 1.807) is 0 Å². The number of carbonyl (C=O) groups is 1. The van der Waals surface area contributed by atoms with Gasteiger partial charge >= 0.3 is 5.97 Å². The highest BCUT2D eigenvalue weighted by Gasteiger charge is 2.18. The van der Waals surface area contributed by atoms with E-state index in [2.05, 4.69) is 4.98 Å². The van der Waals surface area contributed by atoms with Gasteiger partial charge in [-0.2, -0.15) is 0 Å². The summed E-state index contributed by atoms with van der Waals surface area (Å²) >= 11 is 17.5. The third-order valence-electron chi connectivity index (χ3n) is 2.38. The molecule has 7 heteroatoms. The number of aromatic nitrogens is 1. The number of aromatic carboxylic acids is 1. The molecule has 0 atom stereocenters. The number of rotatable bonds is 2. The van der Waals surface area contributed by atoms with E-state index in [0.29, 0.717) is 0 Å². The van der Waals surface area contributed by atoms with Crippen LogP contribution in [0.5, 0.6) is 0 Å². The number of nitrogens with zero attached hydrogens (tertiary/aromatic N) is 1. The third-order valence-corrected chi connectivity index (χ3v) is 3.57. The van der Waals surface area contributed by atoms with E-state index >= 15 is 0 Å². The highest BCUT2D eigenvalue weighted by molar-refractivity contribution is 6.48. The summed E-state index contributed by atoms with van der Waals surface area (Å²) in [6.45, 7) is 0. The van der Waals surface area contributed by atoms with E-state index in [0.717, 1.165) is 6.07 Å². The monoisotopic (exact) mass is 319 g/mol. The molecule has 1 N–H and O–H groups in total. The standard InChI is InChI=1S/C12H5Cl3FNO2/c13-7-3-5(4-8(14)9(7)15)11-10(16)6(12(18)19)1-2-17-11/h1-4H,(H,18,19). The van der Waals surface area contributed by atoms with E-state index in [1.165, 1.54) is 18.3 Å². The molecule has 3 nitrogen and oxygen atoms in total. The maximum Gasteiger partial charge on any atom is 0.338 e. The van der Waals surface area contributed by atoms with E-state index in [1.807, 2.05) is 0 Å². The lowest BCUT2D eigenvalue weighted by molar-refractivity contribution is 0.0692. The average molecular weight is 321 g/mol. The lowest BCUT2D eigenvalue weighted by Crippen LogP contribution is -2.03. The number of pyridine rings is 1. The summed E-state index contributed by atoms with van der Waals surface area (Å²) in [5.41, 5.74) is -0.382. The second kappa shape index (κ2) is 5.33. The summed E-state index contributed by atoms with van der Waals surface area (Å²) in [5.74, 6) is -2.34. The molecule has 0 radical (unpaired) electrons. The predicted molar refractivity (Wildman–Crippen MR) is 71.6 cm³/mol. The first-order chi connectivity index (χ1) is 8.91. The first kappa shape index (κ1) is 14.1. The fraction of sp³-hybridized carbons (Fsp3) is 0. The number of carboxylic acid groups (broad SMARTS) is 1. The van der Waals surface area contributed by atoms with Crippen molar-refractivity contribution in [3.05, 3.63) is 50.8 Å². The van der Waals surface area contributed by atoms with Gasteiger partial charge in [-0.3, -0.25) is 4.98 Å². The van der Waals surface area contributed by atoms with Crippen LogP contribution < -0.4 is 0 Å². The van der Waals surface area contributed by atoms with E-state index in [4.69, 9.17) is 39.9 Å². The molecule has 0 saturated carbocycles. The second-order valence-corrected chi connectivity index (χ2v) is 4.77.